The second kappa shape index (κ2) is 6.22. The lowest BCUT2D eigenvalue weighted by molar-refractivity contribution is 0.363. The van der Waals surface area contributed by atoms with Gasteiger partial charge in [0, 0.05) is 25.2 Å². The molecule has 1 saturated carbocycles. The Morgan fingerprint density at radius 3 is 2.77 bits per heavy atom. The van der Waals surface area contributed by atoms with E-state index in [-0.39, 0.29) is 17.8 Å². The molecule has 2 fully saturated rings. The Kier molecular flexibility index (Phi) is 3.59. The van der Waals surface area contributed by atoms with E-state index in [0.717, 1.165) is 24.7 Å². The van der Waals surface area contributed by atoms with Crippen LogP contribution in [0.25, 0.3) is 11.1 Å². The minimum atomic E-state index is -0.233. The molecule has 1 aliphatic heterocycles. The molecular weight excluding hydrogens is 386 g/mol. The predicted octanol–water partition coefficient (Wildman–Crippen LogP) is 1.68. The van der Waals surface area contributed by atoms with Crippen molar-refractivity contribution >= 4 is 16.9 Å². The molecule has 4 aromatic heterocycles. The van der Waals surface area contributed by atoms with E-state index in [4.69, 9.17) is 9.05 Å². The molecule has 6 rings (SSSR count). The van der Waals surface area contributed by atoms with Gasteiger partial charge in [-0.2, -0.15) is 4.98 Å². The number of fused-ring (bicyclic) bond motifs is 2. The molecule has 0 bridgehead atoms. The van der Waals surface area contributed by atoms with Gasteiger partial charge in [-0.15, -0.1) is 0 Å². The van der Waals surface area contributed by atoms with Crippen LogP contribution in [0.1, 0.15) is 28.9 Å². The van der Waals surface area contributed by atoms with E-state index < -0.39 is 0 Å². The minimum Gasteiger partial charge on any atom is -0.356 e. The van der Waals surface area contributed by atoms with Gasteiger partial charge in [0.15, 0.2) is 5.82 Å². The first-order chi connectivity index (χ1) is 14.6. The van der Waals surface area contributed by atoms with Crippen molar-refractivity contribution in [1.82, 2.24) is 29.8 Å². The van der Waals surface area contributed by atoms with Gasteiger partial charge < -0.3 is 13.9 Å². The Hall–Kier alpha value is -3.56. The average molecular weight is 405 g/mol. The van der Waals surface area contributed by atoms with Crippen LogP contribution in [0.5, 0.6) is 0 Å². The number of hydrogen-bond acceptors (Lipinski definition) is 9. The Labute approximate surface area is 170 Å². The number of piperidine rings is 1. The molecule has 1 aliphatic carbocycles. The highest BCUT2D eigenvalue weighted by molar-refractivity contribution is 5.73. The summed E-state index contributed by atoms with van der Waals surface area (Å²) in [7, 11) is 0. The van der Waals surface area contributed by atoms with Crippen molar-refractivity contribution in [2.75, 3.05) is 18.0 Å². The van der Waals surface area contributed by atoms with E-state index in [1.54, 1.807) is 6.92 Å². The normalized spacial score (nSPS) is 22.6. The number of pyridine rings is 1. The first kappa shape index (κ1) is 17.3. The third kappa shape index (κ3) is 2.63. The molecule has 152 valence electrons. The van der Waals surface area contributed by atoms with Gasteiger partial charge in [-0.3, -0.25) is 9.36 Å². The van der Waals surface area contributed by atoms with Crippen molar-refractivity contribution in [1.29, 1.82) is 0 Å². The SMILES string of the molecule is Cc1ccnc(N2C[C@@H]3C(c4noc(Cn5cnc6onc(C)c6c5=O)n4)[C@@H]3C2)c1. The summed E-state index contributed by atoms with van der Waals surface area (Å²) in [6.45, 7) is 5.85. The van der Waals surface area contributed by atoms with E-state index in [1.165, 1.54) is 16.5 Å². The summed E-state index contributed by atoms with van der Waals surface area (Å²) in [5, 5.41) is 8.35. The van der Waals surface area contributed by atoms with E-state index in [2.05, 4.69) is 43.2 Å². The van der Waals surface area contributed by atoms with E-state index >= 15 is 0 Å². The molecule has 10 nitrogen and oxygen atoms in total. The number of aromatic nitrogens is 6. The number of anilines is 1. The molecule has 0 radical (unpaired) electrons. The lowest BCUT2D eigenvalue weighted by Crippen LogP contribution is -2.24. The van der Waals surface area contributed by atoms with Crippen LogP contribution in [0, 0.1) is 25.7 Å². The monoisotopic (exact) mass is 405 g/mol. The number of rotatable bonds is 4. The summed E-state index contributed by atoms with van der Waals surface area (Å²) < 4.78 is 11.9. The quantitative estimate of drug-likeness (QED) is 0.500. The number of aryl methyl sites for hydroxylation is 2. The average Bonchev–Trinajstić information content (AvgIpc) is 3.16. The molecule has 4 aromatic rings. The van der Waals surface area contributed by atoms with E-state index in [0.29, 0.717) is 34.7 Å². The second-order valence-corrected chi connectivity index (χ2v) is 8.12. The summed E-state index contributed by atoms with van der Waals surface area (Å²) in [6.07, 6.45) is 3.27. The van der Waals surface area contributed by atoms with E-state index in [9.17, 15) is 4.79 Å². The predicted molar refractivity (Wildman–Crippen MR) is 105 cm³/mol. The molecule has 1 unspecified atom stereocenters. The topological polar surface area (TPSA) is 116 Å². The van der Waals surface area contributed by atoms with Crippen LogP contribution in [0.15, 0.2) is 38.5 Å². The fraction of sp³-hybridized carbons (Fsp3) is 0.400. The minimum absolute atomic E-state index is 0.167. The van der Waals surface area contributed by atoms with Crippen molar-refractivity contribution in [2.45, 2.75) is 26.3 Å². The van der Waals surface area contributed by atoms with Gasteiger partial charge in [-0.05, 0) is 43.4 Å². The molecule has 30 heavy (non-hydrogen) atoms. The molecule has 0 amide bonds. The maximum absolute atomic E-state index is 12.6. The van der Waals surface area contributed by atoms with Gasteiger partial charge in [-0.25, -0.2) is 9.97 Å². The smallest absolute Gasteiger partial charge is 0.267 e. The zero-order valence-electron chi connectivity index (χ0n) is 16.5. The summed E-state index contributed by atoms with van der Waals surface area (Å²) in [5.74, 6) is 3.48. The molecule has 3 atom stereocenters. The van der Waals surface area contributed by atoms with Crippen LogP contribution in [-0.2, 0) is 6.54 Å². The van der Waals surface area contributed by atoms with Crippen molar-refractivity contribution < 1.29 is 9.05 Å². The third-order valence-electron chi connectivity index (χ3n) is 6.14. The van der Waals surface area contributed by atoms with Crippen molar-refractivity contribution in [3.63, 3.8) is 0 Å². The molecule has 1 saturated heterocycles. The molecule has 0 N–H and O–H groups in total. The van der Waals surface area contributed by atoms with Gasteiger partial charge in [0.2, 0.25) is 5.89 Å². The summed E-state index contributed by atoms with van der Waals surface area (Å²) in [6, 6.07) is 4.12. The van der Waals surface area contributed by atoms with Crippen molar-refractivity contribution in [3.8, 4) is 0 Å². The zero-order chi connectivity index (χ0) is 20.4. The first-order valence-electron chi connectivity index (χ1n) is 9.90. The van der Waals surface area contributed by atoms with Crippen LogP contribution >= 0.6 is 0 Å². The summed E-state index contributed by atoms with van der Waals surface area (Å²) >= 11 is 0. The Bertz CT molecular complexity index is 1310. The van der Waals surface area contributed by atoms with Crippen LogP contribution in [0.3, 0.4) is 0 Å². The maximum Gasteiger partial charge on any atom is 0.267 e. The van der Waals surface area contributed by atoms with Crippen LogP contribution in [0.4, 0.5) is 5.82 Å². The number of nitrogens with zero attached hydrogens (tertiary/aromatic N) is 7. The van der Waals surface area contributed by atoms with E-state index in [1.807, 2.05) is 12.3 Å². The van der Waals surface area contributed by atoms with Gasteiger partial charge in [-0.1, -0.05) is 10.3 Å². The Morgan fingerprint density at radius 2 is 1.97 bits per heavy atom. The highest BCUT2D eigenvalue weighted by atomic mass is 16.5. The second-order valence-electron chi connectivity index (χ2n) is 8.12. The fourth-order valence-electron chi connectivity index (χ4n) is 4.53. The van der Waals surface area contributed by atoms with Gasteiger partial charge in [0.05, 0.1) is 5.69 Å². The summed E-state index contributed by atoms with van der Waals surface area (Å²) in [5.41, 5.74) is 1.73. The lowest BCUT2D eigenvalue weighted by atomic mass is 10.2. The molecule has 5 heterocycles. The molecular formula is C20H19N7O3. The molecule has 2 aliphatic rings. The van der Waals surface area contributed by atoms with Crippen LogP contribution in [0.2, 0.25) is 0 Å². The van der Waals surface area contributed by atoms with Gasteiger partial charge in [0.1, 0.15) is 24.1 Å². The molecule has 0 spiro atoms. The fourth-order valence-corrected chi connectivity index (χ4v) is 4.53. The van der Waals surface area contributed by atoms with Crippen molar-refractivity contribution in [2.24, 2.45) is 11.8 Å². The number of hydrogen-bond donors (Lipinski definition) is 0. The Balaban J connectivity index is 1.17. The summed E-state index contributed by atoms with van der Waals surface area (Å²) in [4.78, 5) is 28.1. The largest absolute Gasteiger partial charge is 0.356 e. The standard InChI is InChI=1S/C20H19N7O3/c1-10-3-4-21-14(5-10)26-6-12-13(7-26)17(12)18-23-15(29-25-18)8-27-9-22-19-16(20(27)28)11(2)24-30-19/h3-5,9,12-13,17H,6-8H2,1-2H3/t12-,13+,17?. The lowest BCUT2D eigenvalue weighted by Gasteiger charge is -2.20. The zero-order valence-corrected chi connectivity index (χ0v) is 16.5. The first-order valence-corrected chi connectivity index (χ1v) is 9.90. The Morgan fingerprint density at radius 1 is 1.13 bits per heavy atom. The van der Waals surface area contributed by atoms with Gasteiger partial charge in [0.25, 0.3) is 11.3 Å². The van der Waals surface area contributed by atoms with Crippen LogP contribution < -0.4 is 10.5 Å². The maximum atomic E-state index is 12.6. The molecule has 10 heteroatoms. The third-order valence-corrected chi connectivity index (χ3v) is 6.14. The van der Waals surface area contributed by atoms with Crippen molar-refractivity contribution in [3.05, 3.63) is 58.0 Å². The highest BCUT2D eigenvalue weighted by Gasteiger charge is 2.58. The molecule has 0 aromatic carbocycles. The van der Waals surface area contributed by atoms with Gasteiger partial charge >= 0.3 is 0 Å². The van der Waals surface area contributed by atoms with Crippen LogP contribution in [-0.4, -0.2) is 42.9 Å². The highest BCUT2D eigenvalue weighted by Crippen LogP contribution is 2.57.